The molecule has 0 amide bonds. The highest BCUT2D eigenvalue weighted by atomic mass is 15.3. The van der Waals surface area contributed by atoms with Crippen molar-refractivity contribution in [2.75, 3.05) is 0 Å². The van der Waals surface area contributed by atoms with E-state index in [1.807, 2.05) is 54.9 Å². The Morgan fingerprint density at radius 2 is 1.30 bits per heavy atom. The van der Waals surface area contributed by atoms with E-state index in [4.69, 9.17) is 20.1 Å². The molecule has 0 saturated carbocycles. The van der Waals surface area contributed by atoms with E-state index in [9.17, 15) is 0 Å². The topological polar surface area (TPSA) is 56.0 Å². The van der Waals surface area contributed by atoms with Crippen molar-refractivity contribution in [1.82, 2.24) is 24.6 Å². The van der Waals surface area contributed by atoms with Crippen molar-refractivity contribution in [3.63, 3.8) is 0 Å². The van der Waals surface area contributed by atoms with Gasteiger partial charge >= 0.3 is 0 Å². The van der Waals surface area contributed by atoms with Gasteiger partial charge < -0.3 is 0 Å². The zero-order valence-electron chi connectivity index (χ0n) is 20.6. The molecule has 0 atom stereocenters. The van der Waals surface area contributed by atoms with Gasteiger partial charge in [-0.25, -0.2) is 9.50 Å². The first-order valence-electron chi connectivity index (χ1n) is 12.3. The number of pyridine rings is 3. The van der Waals surface area contributed by atoms with Gasteiger partial charge in [-0.3, -0.25) is 9.97 Å². The van der Waals surface area contributed by atoms with Crippen LogP contribution >= 0.6 is 0 Å². The third kappa shape index (κ3) is 3.72. The van der Waals surface area contributed by atoms with Crippen molar-refractivity contribution >= 4 is 27.5 Å². The third-order valence-corrected chi connectivity index (χ3v) is 6.80. The summed E-state index contributed by atoms with van der Waals surface area (Å²) in [5.41, 5.74) is 10.2. The van der Waals surface area contributed by atoms with Crippen LogP contribution in [0.4, 0.5) is 0 Å². The van der Waals surface area contributed by atoms with Gasteiger partial charge in [-0.2, -0.15) is 0 Å². The molecular formula is C32H23N5. The molecule has 4 aromatic heterocycles. The molecule has 4 heterocycles. The Labute approximate surface area is 214 Å². The molecule has 0 spiro atoms. The smallest absolute Gasteiger partial charge is 0.182 e. The van der Waals surface area contributed by atoms with Gasteiger partial charge in [0.25, 0.3) is 0 Å². The number of hydrogen-bond donors (Lipinski definition) is 0. The van der Waals surface area contributed by atoms with Crippen LogP contribution in [0.25, 0.3) is 61.1 Å². The zero-order chi connectivity index (χ0) is 24.9. The maximum Gasteiger partial charge on any atom is 0.182 e. The van der Waals surface area contributed by atoms with Crippen LogP contribution in [0.15, 0.2) is 103 Å². The average molecular weight is 478 g/mol. The predicted molar refractivity (Wildman–Crippen MR) is 149 cm³/mol. The van der Waals surface area contributed by atoms with Crippen LogP contribution in [0.3, 0.4) is 0 Å². The van der Waals surface area contributed by atoms with E-state index in [2.05, 4.69) is 66.7 Å². The maximum atomic E-state index is 4.86. The number of aryl methyl sites for hydroxylation is 2. The fourth-order valence-corrected chi connectivity index (χ4v) is 4.94. The first-order valence-corrected chi connectivity index (χ1v) is 12.3. The van der Waals surface area contributed by atoms with E-state index in [1.165, 1.54) is 0 Å². The van der Waals surface area contributed by atoms with Crippen molar-refractivity contribution < 1.29 is 0 Å². The van der Waals surface area contributed by atoms with Gasteiger partial charge in [-0.1, -0.05) is 72.8 Å². The molecule has 0 unspecified atom stereocenters. The summed E-state index contributed by atoms with van der Waals surface area (Å²) < 4.78 is 1.85. The monoisotopic (exact) mass is 477 g/mol. The summed E-state index contributed by atoms with van der Waals surface area (Å²) in [7, 11) is 0. The van der Waals surface area contributed by atoms with Gasteiger partial charge in [0.15, 0.2) is 11.5 Å². The lowest BCUT2D eigenvalue weighted by Gasteiger charge is -2.11. The summed E-state index contributed by atoms with van der Waals surface area (Å²) >= 11 is 0. The van der Waals surface area contributed by atoms with E-state index in [-0.39, 0.29) is 0 Å². The van der Waals surface area contributed by atoms with E-state index < -0.39 is 0 Å². The minimum atomic E-state index is 0.707. The number of hydrogen-bond acceptors (Lipinski definition) is 4. The summed E-state index contributed by atoms with van der Waals surface area (Å²) in [6.45, 7) is 4.06. The molecule has 37 heavy (non-hydrogen) atoms. The standard InChI is InChI=1S/C32H23N5/c1-20-8-9-24-14-16-27-28(18-21(2)34-31(27)30(24)33-20)23-10-12-25(13-11-23)32-35-29-17-15-26(19-37(29)36-32)22-6-4-3-5-7-22/h3-19H,1-2H3. The summed E-state index contributed by atoms with van der Waals surface area (Å²) in [6.07, 6.45) is 2.03. The number of aromatic nitrogens is 5. The Balaban J connectivity index is 1.29. The van der Waals surface area contributed by atoms with Crippen LogP contribution in [-0.4, -0.2) is 24.6 Å². The molecule has 0 radical (unpaired) electrons. The van der Waals surface area contributed by atoms with Gasteiger partial charge in [0.2, 0.25) is 0 Å². The van der Waals surface area contributed by atoms with E-state index in [0.717, 1.165) is 66.7 Å². The van der Waals surface area contributed by atoms with Crippen LogP contribution < -0.4 is 0 Å². The van der Waals surface area contributed by atoms with E-state index >= 15 is 0 Å². The molecule has 5 nitrogen and oxygen atoms in total. The highest BCUT2D eigenvalue weighted by Crippen LogP contribution is 2.33. The minimum absolute atomic E-state index is 0.707. The summed E-state index contributed by atoms with van der Waals surface area (Å²) in [5, 5.41) is 6.97. The second-order valence-electron chi connectivity index (χ2n) is 9.40. The Morgan fingerprint density at radius 1 is 0.568 bits per heavy atom. The first-order chi connectivity index (χ1) is 18.1. The van der Waals surface area contributed by atoms with Crippen molar-refractivity contribution in [2.45, 2.75) is 13.8 Å². The highest BCUT2D eigenvalue weighted by molar-refractivity contribution is 6.08. The van der Waals surface area contributed by atoms with Crippen molar-refractivity contribution in [3.8, 4) is 33.6 Å². The number of nitrogens with zero attached hydrogens (tertiary/aromatic N) is 5. The third-order valence-electron chi connectivity index (χ3n) is 6.80. The lowest BCUT2D eigenvalue weighted by atomic mass is 9.98. The fraction of sp³-hybridized carbons (Fsp3) is 0.0625. The van der Waals surface area contributed by atoms with Gasteiger partial charge in [0, 0.05) is 39.5 Å². The summed E-state index contributed by atoms with van der Waals surface area (Å²) in [6, 6.07) is 33.4. The molecule has 0 aliphatic carbocycles. The molecule has 7 aromatic rings. The minimum Gasteiger partial charge on any atom is -0.251 e. The normalized spacial score (nSPS) is 11.5. The molecule has 176 valence electrons. The van der Waals surface area contributed by atoms with Gasteiger partial charge in [0.05, 0.1) is 11.0 Å². The van der Waals surface area contributed by atoms with Crippen molar-refractivity contribution in [2.24, 2.45) is 0 Å². The molecule has 0 bridgehead atoms. The first kappa shape index (κ1) is 21.4. The number of fused-ring (bicyclic) bond motifs is 4. The summed E-state index contributed by atoms with van der Waals surface area (Å²) in [4.78, 5) is 14.4. The predicted octanol–water partition coefficient (Wildman–Crippen LogP) is 7.44. The van der Waals surface area contributed by atoms with Gasteiger partial charge in [-0.05, 0) is 54.8 Å². The largest absolute Gasteiger partial charge is 0.251 e. The van der Waals surface area contributed by atoms with Crippen LogP contribution in [0, 0.1) is 13.8 Å². The quantitative estimate of drug-likeness (QED) is 0.248. The molecule has 0 aliphatic rings. The maximum absolute atomic E-state index is 4.86. The second kappa shape index (κ2) is 8.35. The van der Waals surface area contributed by atoms with Crippen molar-refractivity contribution in [3.05, 3.63) is 115 Å². The average Bonchev–Trinajstić information content (AvgIpc) is 3.37. The second-order valence-corrected chi connectivity index (χ2v) is 9.40. The van der Waals surface area contributed by atoms with Crippen LogP contribution in [-0.2, 0) is 0 Å². The fourth-order valence-electron chi connectivity index (χ4n) is 4.94. The van der Waals surface area contributed by atoms with Crippen LogP contribution in [0.2, 0.25) is 0 Å². The molecule has 3 aromatic carbocycles. The Bertz CT molecular complexity index is 1940. The highest BCUT2D eigenvalue weighted by Gasteiger charge is 2.12. The number of benzene rings is 3. The lowest BCUT2D eigenvalue weighted by molar-refractivity contribution is 0.967. The molecule has 7 rings (SSSR count). The molecule has 0 saturated heterocycles. The van der Waals surface area contributed by atoms with E-state index in [1.54, 1.807) is 0 Å². The molecule has 5 heteroatoms. The van der Waals surface area contributed by atoms with Gasteiger partial charge in [-0.15, -0.1) is 5.10 Å². The van der Waals surface area contributed by atoms with Gasteiger partial charge in [0.1, 0.15) is 0 Å². The Hall–Kier alpha value is -4.90. The Morgan fingerprint density at radius 3 is 2.14 bits per heavy atom. The Kier molecular flexibility index (Phi) is 4.83. The SMILES string of the molecule is Cc1ccc2ccc3c(-c4ccc(-c5nc6ccc(-c7ccccc7)cn6n5)cc4)cc(C)nc3c2n1. The number of rotatable bonds is 3. The molecule has 0 fully saturated rings. The molecular weight excluding hydrogens is 454 g/mol. The zero-order valence-corrected chi connectivity index (χ0v) is 20.6. The van der Waals surface area contributed by atoms with Crippen LogP contribution in [0.1, 0.15) is 11.4 Å². The van der Waals surface area contributed by atoms with E-state index in [0.29, 0.717) is 5.82 Å². The summed E-state index contributed by atoms with van der Waals surface area (Å²) in [5.74, 6) is 0.707. The van der Waals surface area contributed by atoms with Crippen molar-refractivity contribution in [1.29, 1.82) is 0 Å². The molecule has 0 N–H and O–H groups in total. The lowest BCUT2D eigenvalue weighted by Crippen LogP contribution is -1.93. The van der Waals surface area contributed by atoms with Crippen LogP contribution in [0.5, 0.6) is 0 Å². The molecule has 0 aliphatic heterocycles.